The van der Waals surface area contributed by atoms with Crippen LogP contribution in [0.3, 0.4) is 0 Å². The average molecular weight is 1850 g/mol. The van der Waals surface area contributed by atoms with E-state index in [1.54, 1.807) is 0 Å². The predicted molar refractivity (Wildman–Crippen MR) is 606 cm³/mol. The normalized spacial score (nSPS) is 14.5. The minimum absolute atomic E-state index is 0.0287. The number of furan rings is 2. The Morgan fingerprint density at radius 2 is 0.599 bits per heavy atom. The van der Waals surface area contributed by atoms with Crippen LogP contribution in [0.4, 0.5) is 68.2 Å². The molecule has 6 aliphatic rings. The zero-order valence-electron chi connectivity index (χ0n) is 86.7. The lowest BCUT2D eigenvalue weighted by molar-refractivity contribution is 0.590. The molecule has 4 aromatic heterocycles. The number of fused-ring (bicyclic) bond motifs is 24. The Labute approximate surface area is 837 Å². The number of para-hydroxylation sites is 3. The molecule has 0 bridgehead atoms. The molecule has 20 aromatic rings. The number of nitrogens with zero attached hydrogens (tertiary/aromatic N) is 6. The molecule has 0 atom stereocenters. The molecule has 0 amide bonds. The van der Waals surface area contributed by atoms with E-state index in [0.29, 0.717) is 0 Å². The van der Waals surface area contributed by atoms with Crippen LogP contribution in [0.5, 0.6) is 0 Å². The molecule has 700 valence electrons. The van der Waals surface area contributed by atoms with Crippen molar-refractivity contribution in [2.45, 2.75) is 209 Å². The smallest absolute Gasteiger partial charge is 0.252 e. The van der Waals surface area contributed by atoms with Crippen molar-refractivity contribution in [2.24, 2.45) is 0 Å². The van der Waals surface area contributed by atoms with E-state index in [0.717, 1.165) is 95.1 Å². The maximum atomic E-state index is 7.00. The lowest BCUT2D eigenvalue weighted by atomic mass is 9.33. The second kappa shape index (κ2) is 30.5. The van der Waals surface area contributed by atoms with Gasteiger partial charge in [-0.3, -0.25) is 0 Å². The van der Waals surface area contributed by atoms with Gasteiger partial charge in [0.25, 0.3) is 13.4 Å². The number of hydrogen-bond acceptors (Lipinski definition) is 6. The van der Waals surface area contributed by atoms with Crippen LogP contribution < -0.4 is 52.4 Å². The van der Waals surface area contributed by atoms with Crippen LogP contribution >= 0.6 is 0 Å². The summed E-state index contributed by atoms with van der Waals surface area (Å²) in [7, 11) is 0. The zero-order valence-corrected chi connectivity index (χ0v) is 86.7. The van der Waals surface area contributed by atoms with E-state index in [9.17, 15) is 0 Å². The van der Waals surface area contributed by atoms with Crippen LogP contribution in [-0.4, -0.2) is 22.6 Å². The number of anilines is 12. The van der Waals surface area contributed by atoms with Gasteiger partial charge in [0.1, 0.15) is 16.7 Å². The fourth-order valence-corrected chi connectivity index (χ4v) is 25.2. The monoisotopic (exact) mass is 1850 g/mol. The Balaban J connectivity index is 0.000000149. The summed E-state index contributed by atoms with van der Waals surface area (Å²) in [5, 5.41) is 7.21. The summed E-state index contributed by atoms with van der Waals surface area (Å²) >= 11 is 0. The van der Waals surface area contributed by atoms with Gasteiger partial charge in [-0.1, -0.05) is 328 Å². The molecule has 4 aliphatic heterocycles. The largest absolute Gasteiger partial charge is 0.456 e. The first-order valence-corrected chi connectivity index (χ1v) is 51.3. The first-order valence-electron chi connectivity index (χ1n) is 51.3. The highest BCUT2D eigenvalue weighted by Crippen LogP contribution is 2.60. The van der Waals surface area contributed by atoms with E-state index in [4.69, 9.17) is 8.83 Å². The Morgan fingerprint density at radius 3 is 1.01 bits per heavy atom. The van der Waals surface area contributed by atoms with E-state index >= 15 is 0 Å². The molecular formula is C132H124B2N6O2. The molecule has 0 spiro atoms. The number of rotatable bonds is 8. The molecule has 8 heterocycles. The van der Waals surface area contributed by atoms with Gasteiger partial charge in [-0.05, 0) is 285 Å². The van der Waals surface area contributed by atoms with Gasteiger partial charge in [0.05, 0.1) is 28.1 Å². The minimum atomic E-state index is -0.189. The molecule has 142 heavy (non-hydrogen) atoms. The summed E-state index contributed by atoms with van der Waals surface area (Å²) in [6, 6.07) is 120. The predicted octanol–water partition coefficient (Wildman–Crippen LogP) is 32.2. The SMILES string of the molecule is Cc1cc2c3c(c1)-n1c4c(c5cc(C(C)(C)C)cc(c51)B3c1ccc(N(c3ccc(C(C)(C)C)cc3)c3ccc(C(C)(C)C)cc3)cc1N2c1cccc2c1oc1ccccc12)C(C)(C)c1ccccc1-4.Cc1cc2c3c(c1)-n1c4c(c5cc(C(C)(C)C)cc(c51)B3c1ccc(N(c3ccc(C(C)(C)C)cc3)c3ccc(C(C)(C)C)cc3)cc1N2c1cccc2oc3ccccc3c12)C(C)(C)c1ccccc1-4. The third kappa shape index (κ3) is 13.2. The quantitative estimate of drug-likeness (QED) is 0.141. The van der Waals surface area contributed by atoms with Gasteiger partial charge in [-0.2, -0.15) is 0 Å². The molecule has 0 unspecified atom stereocenters. The van der Waals surface area contributed by atoms with E-state index in [1.165, 1.54) is 172 Å². The molecule has 2 aliphatic carbocycles. The van der Waals surface area contributed by atoms with Gasteiger partial charge in [-0.25, -0.2) is 0 Å². The molecule has 0 saturated heterocycles. The van der Waals surface area contributed by atoms with Crippen molar-refractivity contribution in [1.29, 1.82) is 0 Å². The van der Waals surface area contributed by atoms with E-state index < -0.39 is 0 Å². The van der Waals surface area contributed by atoms with Gasteiger partial charge in [0.15, 0.2) is 5.58 Å². The number of benzene rings is 16. The highest BCUT2D eigenvalue weighted by atomic mass is 16.3. The third-order valence-electron chi connectivity index (χ3n) is 32.5. The topological polar surface area (TPSA) is 49.1 Å². The lowest BCUT2D eigenvalue weighted by Gasteiger charge is -2.42. The van der Waals surface area contributed by atoms with Gasteiger partial charge >= 0.3 is 0 Å². The maximum Gasteiger partial charge on any atom is 0.252 e. The van der Waals surface area contributed by atoms with Crippen LogP contribution in [0, 0.1) is 13.8 Å². The number of aromatic nitrogens is 2. The van der Waals surface area contributed by atoms with Crippen molar-refractivity contribution in [3.63, 3.8) is 0 Å². The number of hydrogen-bond donors (Lipinski definition) is 0. The fourth-order valence-electron chi connectivity index (χ4n) is 25.2. The summed E-state index contributed by atoms with van der Waals surface area (Å²) < 4.78 is 19.0. The van der Waals surface area contributed by atoms with Crippen LogP contribution in [0.2, 0.25) is 0 Å². The van der Waals surface area contributed by atoms with E-state index in [2.05, 4.69) is 510 Å². The first-order chi connectivity index (χ1) is 67.6. The van der Waals surface area contributed by atoms with Gasteiger partial charge in [0.2, 0.25) is 0 Å². The Morgan fingerprint density at radius 1 is 0.261 bits per heavy atom. The fraction of sp³-hybridized carbons (Fsp3) is 0.242. The lowest BCUT2D eigenvalue weighted by Crippen LogP contribution is -2.60. The van der Waals surface area contributed by atoms with Gasteiger partial charge < -0.3 is 37.6 Å². The minimum Gasteiger partial charge on any atom is -0.456 e. The molecular weight excluding hydrogens is 1720 g/mol. The van der Waals surface area contributed by atoms with Gasteiger partial charge in [-0.15, -0.1) is 0 Å². The van der Waals surface area contributed by atoms with E-state index in [-0.39, 0.29) is 56.7 Å². The maximum absolute atomic E-state index is 7.00. The summed E-state index contributed by atoms with van der Waals surface area (Å²) in [6.07, 6.45) is 0. The summed E-state index contributed by atoms with van der Waals surface area (Å²) in [5.41, 5.74) is 51.3. The summed E-state index contributed by atoms with van der Waals surface area (Å²) in [6.45, 7) is 56.0. The van der Waals surface area contributed by atoms with Crippen molar-refractivity contribution >= 4 is 180 Å². The van der Waals surface area contributed by atoms with Crippen molar-refractivity contribution < 1.29 is 8.83 Å². The second-order valence-electron chi connectivity index (χ2n) is 48.7. The van der Waals surface area contributed by atoms with Crippen molar-refractivity contribution in [3.05, 3.63) is 382 Å². The highest BCUT2D eigenvalue weighted by molar-refractivity contribution is 7.01. The van der Waals surface area contributed by atoms with Crippen LogP contribution in [0.1, 0.15) is 219 Å². The summed E-state index contributed by atoms with van der Waals surface area (Å²) in [4.78, 5) is 10.0. The molecule has 26 rings (SSSR count). The standard InChI is InChI=1S/2C66H62BN3O/c1-39-34-55-59-56(35-39)70-60-49(58-61(70)48-19-13-15-21-50(48)66(58,11)12)36-42(65(8,9)10)37-52(60)67(59)51-33-32-45(38-54(51)69(55)53-22-17-20-47-46-18-14-16-23-57(46)71-62(47)53)68(43-28-24-40(25-29-43)63(2,3)4)44-30-26-41(27-31-44)64(5,6)7;1-39-34-54-60-55(35-39)70-61-48(59-62(70)46-18-13-15-20-49(46)66(59,11)12)36-42(65(8,9)10)37-51(61)67(60)50-33-32-45(38-53(50)69(54)52-21-17-23-57-58(52)47-19-14-16-22-56(47)71-57)68(43-28-24-40(25-29-43)63(2,3)4)44-30-26-41(27-31-44)64(5,6)7/h2*13-38H,1-12H3. The molecule has 0 radical (unpaired) electrons. The first kappa shape index (κ1) is 88.9. The van der Waals surface area contributed by atoms with Crippen LogP contribution in [0.15, 0.2) is 324 Å². The van der Waals surface area contributed by atoms with Crippen molar-refractivity contribution in [3.8, 4) is 33.9 Å². The second-order valence-corrected chi connectivity index (χ2v) is 48.7. The molecule has 8 nitrogen and oxygen atoms in total. The molecule has 0 saturated carbocycles. The van der Waals surface area contributed by atoms with Crippen molar-refractivity contribution in [2.75, 3.05) is 19.6 Å². The molecule has 0 N–H and O–H groups in total. The van der Waals surface area contributed by atoms with Crippen LogP contribution in [0.25, 0.3) is 99.6 Å². The number of aryl methyl sites for hydroxylation is 2. The van der Waals surface area contributed by atoms with E-state index in [1.807, 2.05) is 0 Å². The van der Waals surface area contributed by atoms with Crippen molar-refractivity contribution in [1.82, 2.24) is 9.13 Å². The van der Waals surface area contributed by atoms with Crippen LogP contribution in [-0.2, 0) is 43.3 Å². The molecule has 10 heteroatoms. The zero-order chi connectivity index (χ0) is 98.5. The molecule has 0 fully saturated rings. The Kier molecular flexibility index (Phi) is 19.1. The Hall–Kier alpha value is -14.5. The van der Waals surface area contributed by atoms with Gasteiger partial charge in [0, 0.05) is 128 Å². The molecule has 16 aromatic carbocycles. The average Bonchev–Trinajstić information content (AvgIpc) is 1.49. The highest BCUT2D eigenvalue weighted by Gasteiger charge is 2.52. The summed E-state index contributed by atoms with van der Waals surface area (Å²) in [5.74, 6) is 0. The third-order valence-corrected chi connectivity index (χ3v) is 32.5. The Bertz CT molecular complexity index is 8620.